The smallest absolute Gasteiger partial charge is 0.207 e. The van der Waals surface area contributed by atoms with Gasteiger partial charge in [-0.05, 0) is 49.9 Å². The van der Waals surface area contributed by atoms with E-state index in [9.17, 15) is 16.8 Å². The Labute approximate surface area is 149 Å². The van der Waals surface area contributed by atoms with Gasteiger partial charge in [-0.1, -0.05) is 0 Å². The van der Waals surface area contributed by atoms with Gasteiger partial charge in [-0.2, -0.15) is 13.9 Å². The van der Waals surface area contributed by atoms with Crippen LogP contribution < -0.4 is 0 Å². The van der Waals surface area contributed by atoms with Crippen molar-refractivity contribution in [3.05, 3.63) is 24.3 Å². The molecule has 2 heterocycles. The number of hydrogen-bond acceptors (Lipinski definition) is 5. The molecule has 2 fully saturated rings. The second kappa shape index (κ2) is 7.03. The van der Waals surface area contributed by atoms with Gasteiger partial charge in [-0.3, -0.25) is 0 Å². The van der Waals surface area contributed by atoms with Crippen molar-refractivity contribution in [1.29, 1.82) is 5.26 Å². The largest absolute Gasteiger partial charge is 0.243 e. The Kier molecular flexibility index (Phi) is 5.16. The quantitative estimate of drug-likeness (QED) is 0.782. The number of nitriles is 1. The van der Waals surface area contributed by atoms with Crippen LogP contribution in [0.1, 0.15) is 25.7 Å². The van der Waals surface area contributed by atoms with Crippen LogP contribution in [-0.4, -0.2) is 51.6 Å². The third kappa shape index (κ3) is 3.58. The Morgan fingerprint density at radius 2 is 1.20 bits per heavy atom. The topological polar surface area (TPSA) is 98.5 Å². The molecule has 0 amide bonds. The number of piperidine rings is 1. The van der Waals surface area contributed by atoms with Crippen LogP contribution in [-0.2, 0) is 20.0 Å². The number of rotatable bonds is 4. The summed E-state index contributed by atoms with van der Waals surface area (Å²) in [5.41, 5.74) is 0. The Bertz CT molecular complexity index is 859. The maximum Gasteiger partial charge on any atom is 0.243 e. The van der Waals surface area contributed by atoms with E-state index in [2.05, 4.69) is 6.07 Å². The van der Waals surface area contributed by atoms with Crippen LogP contribution in [0.15, 0.2) is 34.1 Å². The van der Waals surface area contributed by atoms with Crippen molar-refractivity contribution in [1.82, 2.24) is 8.61 Å². The highest BCUT2D eigenvalue weighted by molar-refractivity contribution is 7.89. The second-order valence-electron chi connectivity index (χ2n) is 6.39. The van der Waals surface area contributed by atoms with E-state index >= 15 is 0 Å². The molecule has 25 heavy (non-hydrogen) atoms. The van der Waals surface area contributed by atoms with Crippen molar-refractivity contribution in [2.45, 2.75) is 35.5 Å². The van der Waals surface area contributed by atoms with E-state index < -0.39 is 20.0 Å². The zero-order valence-corrected chi connectivity index (χ0v) is 15.5. The zero-order valence-electron chi connectivity index (χ0n) is 13.8. The summed E-state index contributed by atoms with van der Waals surface area (Å²) in [5.74, 6) is -0.0977. The average molecular weight is 383 g/mol. The minimum atomic E-state index is -3.66. The lowest BCUT2D eigenvalue weighted by Gasteiger charge is -2.28. The highest BCUT2D eigenvalue weighted by atomic mass is 32.2. The SMILES string of the molecule is N#CC1CCN(S(=O)(=O)c2ccc(S(=O)(=O)N3CCCC3)cc2)CC1. The van der Waals surface area contributed by atoms with Crippen molar-refractivity contribution in [3.63, 3.8) is 0 Å². The lowest BCUT2D eigenvalue weighted by atomic mass is 10.0. The molecule has 136 valence electrons. The van der Waals surface area contributed by atoms with E-state index in [4.69, 9.17) is 5.26 Å². The average Bonchev–Trinajstić information content (AvgIpc) is 3.17. The molecule has 0 aliphatic carbocycles. The van der Waals surface area contributed by atoms with E-state index in [0.29, 0.717) is 39.0 Å². The predicted molar refractivity (Wildman–Crippen MR) is 91.5 cm³/mol. The molecular weight excluding hydrogens is 362 g/mol. The van der Waals surface area contributed by atoms with Crippen molar-refractivity contribution >= 4 is 20.0 Å². The molecule has 0 bridgehead atoms. The van der Waals surface area contributed by atoms with E-state index in [1.807, 2.05) is 0 Å². The molecule has 1 aromatic rings. The van der Waals surface area contributed by atoms with Crippen molar-refractivity contribution in [2.75, 3.05) is 26.2 Å². The molecule has 1 aromatic carbocycles. The van der Waals surface area contributed by atoms with Crippen LogP contribution in [0.2, 0.25) is 0 Å². The fourth-order valence-corrected chi connectivity index (χ4v) is 6.22. The molecule has 0 N–H and O–H groups in total. The van der Waals surface area contributed by atoms with Gasteiger partial charge in [0.15, 0.2) is 0 Å². The predicted octanol–water partition coefficient (Wildman–Crippen LogP) is 1.40. The minimum absolute atomic E-state index is 0.0864. The summed E-state index contributed by atoms with van der Waals surface area (Å²) in [6.07, 6.45) is 2.75. The third-order valence-electron chi connectivity index (χ3n) is 4.80. The summed E-state index contributed by atoms with van der Waals surface area (Å²) in [7, 11) is -7.21. The summed E-state index contributed by atoms with van der Waals surface area (Å²) in [5, 5.41) is 8.91. The molecule has 0 unspecified atom stereocenters. The van der Waals surface area contributed by atoms with Crippen molar-refractivity contribution in [3.8, 4) is 6.07 Å². The standard InChI is InChI=1S/C16H21N3O4S2/c17-13-14-7-11-19(12-8-14)25(22,23)16-5-3-15(4-6-16)24(20,21)18-9-1-2-10-18/h3-6,14H,1-2,7-12H2. The number of sulfonamides is 2. The normalized spacial score (nSPS) is 21.2. The van der Waals surface area contributed by atoms with Gasteiger partial charge >= 0.3 is 0 Å². The van der Waals surface area contributed by atoms with Gasteiger partial charge in [0, 0.05) is 32.1 Å². The van der Waals surface area contributed by atoms with E-state index in [0.717, 1.165) is 12.8 Å². The first-order chi connectivity index (χ1) is 11.9. The number of hydrogen-bond donors (Lipinski definition) is 0. The first-order valence-electron chi connectivity index (χ1n) is 8.36. The summed E-state index contributed by atoms with van der Waals surface area (Å²) in [6, 6.07) is 7.61. The maximum atomic E-state index is 12.7. The molecule has 9 heteroatoms. The van der Waals surface area contributed by atoms with Crippen LogP contribution in [0.3, 0.4) is 0 Å². The van der Waals surface area contributed by atoms with Gasteiger partial charge in [0.1, 0.15) is 0 Å². The zero-order chi connectivity index (χ0) is 18.1. The first-order valence-corrected chi connectivity index (χ1v) is 11.2. The Balaban J connectivity index is 1.79. The van der Waals surface area contributed by atoms with Gasteiger partial charge in [0.2, 0.25) is 20.0 Å². The first kappa shape index (κ1) is 18.3. The van der Waals surface area contributed by atoms with E-state index in [-0.39, 0.29) is 15.7 Å². The Morgan fingerprint density at radius 1 is 0.800 bits per heavy atom. The van der Waals surface area contributed by atoms with Crippen LogP contribution in [0, 0.1) is 17.2 Å². The highest BCUT2D eigenvalue weighted by Gasteiger charge is 2.31. The Hall–Kier alpha value is -1.47. The van der Waals surface area contributed by atoms with Gasteiger partial charge in [-0.25, -0.2) is 16.8 Å². The number of nitrogens with zero attached hydrogens (tertiary/aromatic N) is 3. The molecule has 0 radical (unpaired) electrons. The van der Waals surface area contributed by atoms with Crippen LogP contribution in [0.25, 0.3) is 0 Å². The molecule has 2 aliphatic rings. The molecule has 3 rings (SSSR count). The molecular formula is C16H21N3O4S2. The lowest BCUT2D eigenvalue weighted by molar-refractivity contribution is 0.310. The van der Waals surface area contributed by atoms with Crippen molar-refractivity contribution in [2.24, 2.45) is 5.92 Å². The highest BCUT2D eigenvalue weighted by Crippen LogP contribution is 2.26. The molecule has 0 spiro atoms. The maximum absolute atomic E-state index is 12.7. The molecule has 7 nitrogen and oxygen atoms in total. The molecule has 2 aliphatic heterocycles. The summed E-state index contributed by atoms with van der Waals surface area (Å²) in [4.78, 5) is 0.208. The summed E-state index contributed by atoms with van der Waals surface area (Å²) < 4.78 is 53.2. The monoisotopic (exact) mass is 383 g/mol. The van der Waals surface area contributed by atoms with Gasteiger partial charge < -0.3 is 0 Å². The fourth-order valence-electron chi connectivity index (χ4n) is 3.24. The summed E-state index contributed by atoms with van der Waals surface area (Å²) in [6.45, 7) is 1.65. The van der Waals surface area contributed by atoms with Crippen LogP contribution >= 0.6 is 0 Å². The molecule has 0 atom stereocenters. The third-order valence-corrected chi connectivity index (χ3v) is 8.63. The number of benzene rings is 1. The van der Waals surface area contributed by atoms with E-state index in [1.165, 1.54) is 32.9 Å². The second-order valence-corrected chi connectivity index (χ2v) is 10.3. The Morgan fingerprint density at radius 3 is 1.60 bits per heavy atom. The molecule has 0 saturated carbocycles. The fraction of sp³-hybridized carbons (Fsp3) is 0.562. The summed E-state index contributed by atoms with van der Waals surface area (Å²) >= 11 is 0. The lowest BCUT2D eigenvalue weighted by Crippen LogP contribution is -2.38. The minimum Gasteiger partial charge on any atom is -0.207 e. The van der Waals surface area contributed by atoms with Crippen molar-refractivity contribution < 1.29 is 16.8 Å². The van der Waals surface area contributed by atoms with Gasteiger partial charge in [0.25, 0.3) is 0 Å². The van der Waals surface area contributed by atoms with E-state index in [1.54, 1.807) is 0 Å². The van der Waals surface area contributed by atoms with Crippen LogP contribution in [0.5, 0.6) is 0 Å². The van der Waals surface area contributed by atoms with Gasteiger partial charge in [0.05, 0.1) is 15.9 Å². The molecule has 2 saturated heterocycles. The van der Waals surface area contributed by atoms with Crippen LogP contribution in [0.4, 0.5) is 0 Å². The van der Waals surface area contributed by atoms with Gasteiger partial charge in [-0.15, -0.1) is 0 Å². The molecule has 0 aromatic heterocycles.